The number of hydrogen-bond acceptors (Lipinski definition) is 5. The summed E-state index contributed by atoms with van der Waals surface area (Å²) in [4.78, 5) is 29.3. The summed E-state index contributed by atoms with van der Waals surface area (Å²) < 4.78 is 10.6. The van der Waals surface area contributed by atoms with Gasteiger partial charge in [0.2, 0.25) is 5.91 Å². The van der Waals surface area contributed by atoms with Crippen molar-refractivity contribution in [3.63, 3.8) is 0 Å². The fourth-order valence-electron chi connectivity index (χ4n) is 4.60. The van der Waals surface area contributed by atoms with Gasteiger partial charge in [0.15, 0.2) is 0 Å². The van der Waals surface area contributed by atoms with E-state index in [9.17, 15) is 9.59 Å². The van der Waals surface area contributed by atoms with Gasteiger partial charge in [0, 0.05) is 43.1 Å². The molecule has 0 saturated carbocycles. The van der Waals surface area contributed by atoms with Crippen molar-refractivity contribution in [2.24, 2.45) is 5.92 Å². The molecule has 29 heavy (non-hydrogen) atoms. The molecule has 2 saturated heterocycles. The Morgan fingerprint density at radius 2 is 1.79 bits per heavy atom. The van der Waals surface area contributed by atoms with Crippen molar-refractivity contribution in [1.82, 2.24) is 9.80 Å². The zero-order chi connectivity index (χ0) is 20.2. The van der Waals surface area contributed by atoms with Crippen molar-refractivity contribution in [1.29, 1.82) is 0 Å². The summed E-state index contributed by atoms with van der Waals surface area (Å²) in [5, 5.41) is 0.938. The van der Waals surface area contributed by atoms with E-state index in [4.69, 9.17) is 9.15 Å². The first-order chi connectivity index (χ1) is 14.1. The molecule has 2 aromatic rings. The topological polar surface area (TPSA) is 63.0 Å². The maximum absolute atomic E-state index is 12.9. The van der Waals surface area contributed by atoms with Gasteiger partial charge in [-0.3, -0.25) is 9.69 Å². The van der Waals surface area contributed by atoms with Crippen LogP contribution in [0, 0.1) is 5.92 Å². The summed E-state index contributed by atoms with van der Waals surface area (Å²) in [5.41, 5.74) is 1.18. The van der Waals surface area contributed by atoms with Gasteiger partial charge in [0.1, 0.15) is 11.3 Å². The highest BCUT2D eigenvalue weighted by Gasteiger charge is 2.29. The van der Waals surface area contributed by atoms with Crippen LogP contribution in [0.25, 0.3) is 11.0 Å². The van der Waals surface area contributed by atoms with Crippen LogP contribution in [0.4, 0.5) is 0 Å². The third-order valence-corrected chi connectivity index (χ3v) is 6.29. The minimum absolute atomic E-state index is 0.145. The molecule has 0 aliphatic carbocycles. The maximum Gasteiger partial charge on any atom is 0.336 e. The number of carbonyl (C=O) groups is 1. The molecule has 6 heteroatoms. The van der Waals surface area contributed by atoms with E-state index >= 15 is 0 Å². The minimum Gasteiger partial charge on any atom is -0.497 e. The highest BCUT2D eigenvalue weighted by atomic mass is 16.5. The second-order valence-electron chi connectivity index (χ2n) is 8.24. The Balaban J connectivity index is 1.41. The predicted molar refractivity (Wildman–Crippen MR) is 112 cm³/mol. The molecule has 1 aromatic heterocycles. The fraction of sp³-hybridized carbons (Fsp3) is 0.565. The van der Waals surface area contributed by atoms with Crippen molar-refractivity contribution >= 4 is 16.9 Å². The van der Waals surface area contributed by atoms with Crippen LogP contribution in [0.1, 0.15) is 44.1 Å². The Morgan fingerprint density at radius 3 is 2.48 bits per heavy atom. The van der Waals surface area contributed by atoms with Crippen LogP contribution >= 0.6 is 0 Å². The molecule has 156 valence electrons. The van der Waals surface area contributed by atoms with Crippen LogP contribution in [-0.2, 0) is 11.3 Å². The fourth-order valence-corrected chi connectivity index (χ4v) is 4.60. The standard InChI is InChI=1S/C23H30N2O4/c1-28-19-6-7-20-18(14-22(26)29-21(20)15-19)16-24-12-8-17(9-13-24)23(27)25-10-4-2-3-5-11-25/h6-7,14-15,17H,2-5,8-13,16H2,1H3. The predicted octanol–water partition coefficient (Wildman–Crippen LogP) is 3.42. The summed E-state index contributed by atoms with van der Waals surface area (Å²) >= 11 is 0. The Morgan fingerprint density at radius 1 is 1.07 bits per heavy atom. The smallest absolute Gasteiger partial charge is 0.336 e. The third kappa shape index (κ3) is 4.64. The number of piperidine rings is 1. The molecular weight excluding hydrogens is 368 g/mol. The van der Waals surface area contributed by atoms with Crippen LogP contribution < -0.4 is 10.4 Å². The normalized spacial score (nSPS) is 19.3. The van der Waals surface area contributed by atoms with E-state index in [0.29, 0.717) is 23.8 Å². The molecule has 2 fully saturated rings. The highest BCUT2D eigenvalue weighted by Crippen LogP contribution is 2.26. The van der Waals surface area contributed by atoms with Gasteiger partial charge in [-0.2, -0.15) is 0 Å². The van der Waals surface area contributed by atoms with Crippen molar-refractivity contribution in [3.8, 4) is 5.75 Å². The average molecular weight is 399 g/mol. The number of carbonyl (C=O) groups excluding carboxylic acids is 1. The first-order valence-electron chi connectivity index (χ1n) is 10.8. The van der Waals surface area contributed by atoms with Crippen molar-refractivity contribution in [2.75, 3.05) is 33.3 Å². The van der Waals surface area contributed by atoms with E-state index in [-0.39, 0.29) is 11.5 Å². The molecule has 0 unspecified atom stereocenters. The number of amides is 1. The number of ether oxygens (including phenoxy) is 1. The monoisotopic (exact) mass is 398 g/mol. The lowest BCUT2D eigenvalue weighted by molar-refractivity contribution is -0.137. The molecule has 2 aliphatic rings. The van der Waals surface area contributed by atoms with Gasteiger partial charge in [0.25, 0.3) is 0 Å². The SMILES string of the molecule is COc1ccc2c(CN3CCC(C(=O)N4CCCCCC4)CC3)cc(=O)oc2c1. The van der Waals surface area contributed by atoms with E-state index in [1.165, 1.54) is 12.8 Å². The molecule has 0 bridgehead atoms. The summed E-state index contributed by atoms with van der Waals surface area (Å²) in [7, 11) is 1.60. The summed E-state index contributed by atoms with van der Waals surface area (Å²) in [6.07, 6.45) is 6.55. The lowest BCUT2D eigenvalue weighted by atomic mass is 9.94. The van der Waals surface area contributed by atoms with Crippen LogP contribution in [0.15, 0.2) is 33.5 Å². The summed E-state index contributed by atoms with van der Waals surface area (Å²) in [6, 6.07) is 7.18. The number of likely N-dealkylation sites (tertiary alicyclic amines) is 2. The Labute approximate surface area is 171 Å². The molecule has 0 spiro atoms. The van der Waals surface area contributed by atoms with E-state index < -0.39 is 0 Å². The lowest BCUT2D eigenvalue weighted by Gasteiger charge is -2.34. The molecule has 1 aromatic carbocycles. The molecule has 6 nitrogen and oxygen atoms in total. The molecule has 0 atom stereocenters. The molecule has 0 N–H and O–H groups in total. The van der Waals surface area contributed by atoms with E-state index in [2.05, 4.69) is 9.80 Å². The molecule has 2 aliphatic heterocycles. The maximum atomic E-state index is 12.9. The zero-order valence-electron chi connectivity index (χ0n) is 17.2. The van der Waals surface area contributed by atoms with Gasteiger partial charge in [-0.1, -0.05) is 12.8 Å². The minimum atomic E-state index is -0.341. The van der Waals surface area contributed by atoms with Crippen LogP contribution in [0.2, 0.25) is 0 Å². The van der Waals surface area contributed by atoms with E-state index in [1.807, 2.05) is 12.1 Å². The van der Waals surface area contributed by atoms with Gasteiger partial charge in [-0.25, -0.2) is 4.79 Å². The Bertz CT molecular complexity index is 907. The highest BCUT2D eigenvalue weighted by molar-refractivity contribution is 5.81. The number of methoxy groups -OCH3 is 1. The lowest BCUT2D eigenvalue weighted by Crippen LogP contribution is -2.42. The first-order valence-corrected chi connectivity index (χ1v) is 10.8. The van der Waals surface area contributed by atoms with Crippen LogP contribution in [0.5, 0.6) is 5.75 Å². The molecule has 4 rings (SSSR count). The zero-order valence-corrected chi connectivity index (χ0v) is 17.2. The number of fused-ring (bicyclic) bond motifs is 1. The van der Waals surface area contributed by atoms with Gasteiger partial charge in [-0.15, -0.1) is 0 Å². The van der Waals surface area contributed by atoms with Gasteiger partial charge >= 0.3 is 5.63 Å². The van der Waals surface area contributed by atoms with Gasteiger partial charge in [-0.05, 0) is 56.5 Å². The molecule has 3 heterocycles. The van der Waals surface area contributed by atoms with Crippen molar-refractivity contribution < 1.29 is 13.9 Å². The second kappa shape index (κ2) is 8.99. The molecule has 0 radical (unpaired) electrons. The second-order valence-corrected chi connectivity index (χ2v) is 8.24. The van der Waals surface area contributed by atoms with Gasteiger partial charge < -0.3 is 14.1 Å². The van der Waals surface area contributed by atoms with Crippen LogP contribution in [-0.4, -0.2) is 49.0 Å². The quantitative estimate of drug-likeness (QED) is 0.739. The number of nitrogens with zero attached hydrogens (tertiary/aromatic N) is 2. The number of hydrogen-bond donors (Lipinski definition) is 0. The van der Waals surface area contributed by atoms with Crippen molar-refractivity contribution in [2.45, 2.75) is 45.1 Å². The average Bonchev–Trinajstić information content (AvgIpc) is 3.03. The summed E-state index contributed by atoms with van der Waals surface area (Å²) in [5.74, 6) is 1.17. The van der Waals surface area contributed by atoms with Crippen LogP contribution in [0.3, 0.4) is 0 Å². The van der Waals surface area contributed by atoms with Gasteiger partial charge in [0.05, 0.1) is 7.11 Å². The number of rotatable bonds is 4. The first kappa shape index (κ1) is 20.0. The largest absolute Gasteiger partial charge is 0.497 e. The third-order valence-electron chi connectivity index (χ3n) is 6.29. The Kier molecular flexibility index (Phi) is 6.19. The summed E-state index contributed by atoms with van der Waals surface area (Å²) in [6.45, 7) is 4.30. The van der Waals surface area contributed by atoms with E-state index in [0.717, 1.165) is 62.8 Å². The van der Waals surface area contributed by atoms with E-state index in [1.54, 1.807) is 19.2 Å². The number of benzene rings is 1. The Hall–Kier alpha value is -2.34. The molecule has 1 amide bonds. The van der Waals surface area contributed by atoms with Crippen molar-refractivity contribution in [3.05, 3.63) is 40.2 Å². The molecular formula is C23H30N2O4.